The van der Waals surface area contributed by atoms with Crippen molar-refractivity contribution in [3.8, 4) is 0 Å². The lowest BCUT2D eigenvalue weighted by molar-refractivity contribution is -0.111. The molecule has 0 fully saturated rings. The Bertz CT molecular complexity index is 696. The first-order valence-electron chi connectivity index (χ1n) is 5.85. The number of nitrogens with one attached hydrogen (secondary N) is 1. The highest BCUT2D eigenvalue weighted by molar-refractivity contribution is 6.32. The quantitative estimate of drug-likeness (QED) is 0.836. The highest BCUT2D eigenvalue weighted by Crippen LogP contribution is 2.20. The van der Waals surface area contributed by atoms with Crippen molar-refractivity contribution in [2.45, 2.75) is 0 Å². The summed E-state index contributed by atoms with van der Waals surface area (Å²) in [5.74, 6) is -2.79. The van der Waals surface area contributed by atoms with Gasteiger partial charge in [-0.25, -0.2) is 13.2 Å². The van der Waals surface area contributed by atoms with Crippen LogP contribution in [0.2, 0.25) is 5.02 Å². The van der Waals surface area contributed by atoms with Crippen LogP contribution in [0.5, 0.6) is 0 Å². The lowest BCUT2D eigenvalue weighted by Gasteiger charge is -2.04. The van der Waals surface area contributed by atoms with Crippen LogP contribution in [-0.4, -0.2) is 5.91 Å². The SMILES string of the molecule is O=C(/C=C/c1c(F)cccc1Cl)Nc1cc(F)ccc1F. The van der Waals surface area contributed by atoms with E-state index in [4.69, 9.17) is 11.6 Å². The average molecular weight is 312 g/mol. The number of rotatable bonds is 3. The number of halogens is 4. The number of hydrogen-bond acceptors (Lipinski definition) is 1. The topological polar surface area (TPSA) is 29.1 Å². The molecule has 1 N–H and O–H groups in total. The summed E-state index contributed by atoms with van der Waals surface area (Å²) < 4.78 is 39.8. The summed E-state index contributed by atoms with van der Waals surface area (Å²) in [4.78, 5) is 11.6. The minimum atomic E-state index is -0.776. The predicted octanol–water partition coefficient (Wildman–Crippen LogP) is 4.41. The molecule has 2 nitrogen and oxygen atoms in total. The van der Waals surface area contributed by atoms with Crippen molar-refractivity contribution in [2.75, 3.05) is 5.32 Å². The molecule has 0 bridgehead atoms. The van der Waals surface area contributed by atoms with Crippen LogP contribution < -0.4 is 5.32 Å². The molecule has 0 heterocycles. The molecule has 0 radical (unpaired) electrons. The second-order valence-corrected chi connectivity index (χ2v) is 4.49. The fourth-order valence-electron chi connectivity index (χ4n) is 1.60. The van der Waals surface area contributed by atoms with Crippen molar-refractivity contribution in [1.82, 2.24) is 0 Å². The van der Waals surface area contributed by atoms with E-state index in [0.717, 1.165) is 30.4 Å². The minimum Gasteiger partial charge on any atom is -0.320 e. The summed E-state index contributed by atoms with van der Waals surface area (Å²) in [5.41, 5.74) is -0.265. The van der Waals surface area contributed by atoms with Gasteiger partial charge >= 0.3 is 0 Å². The van der Waals surface area contributed by atoms with Gasteiger partial charge in [0.05, 0.1) is 10.7 Å². The second kappa shape index (κ2) is 6.45. The summed E-state index contributed by atoms with van der Waals surface area (Å²) in [7, 11) is 0. The molecule has 0 spiro atoms. The third-order valence-corrected chi connectivity index (χ3v) is 2.92. The Balaban J connectivity index is 2.15. The molecule has 2 aromatic carbocycles. The van der Waals surface area contributed by atoms with E-state index in [-0.39, 0.29) is 16.3 Å². The summed E-state index contributed by atoms with van der Waals surface area (Å²) in [6.45, 7) is 0. The van der Waals surface area contributed by atoms with Crippen LogP contribution in [0.15, 0.2) is 42.5 Å². The standard InChI is InChI=1S/C15H9ClF3NO/c16-11-2-1-3-12(18)10(11)5-7-15(21)20-14-8-9(17)4-6-13(14)19/h1-8H,(H,20,21)/b7-5+. The van der Waals surface area contributed by atoms with Gasteiger partial charge in [-0.1, -0.05) is 17.7 Å². The van der Waals surface area contributed by atoms with E-state index in [0.29, 0.717) is 0 Å². The number of anilines is 1. The van der Waals surface area contributed by atoms with Gasteiger partial charge in [-0.3, -0.25) is 4.79 Å². The summed E-state index contributed by atoms with van der Waals surface area (Å²) in [6, 6.07) is 6.75. The fourth-order valence-corrected chi connectivity index (χ4v) is 1.82. The molecular formula is C15H9ClF3NO. The van der Waals surface area contributed by atoms with E-state index in [1.807, 2.05) is 0 Å². The highest BCUT2D eigenvalue weighted by Gasteiger charge is 2.07. The van der Waals surface area contributed by atoms with Crippen molar-refractivity contribution in [1.29, 1.82) is 0 Å². The Labute approximate surface area is 123 Å². The number of carbonyl (C=O) groups excluding carboxylic acids is 1. The van der Waals surface area contributed by atoms with Crippen LogP contribution in [0.4, 0.5) is 18.9 Å². The number of hydrogen-bond donors (Lipinski definition) is 1. The van der Waals surface area contributed by atoms with Gasteiger partial charge in [-0.2, -0.15) is 0 Å². The third kappa shape index (κ3) is 3.86. The van der Waals surface area contributed by atoms with Gasteiger partial charge in [-0.15, -0.1) is 0 Å². The maximum Gasteiger partial charge on any atom is 0.248 e. The molecule has 0 aliphatic rings. The van der Waals surface area contributed by atoms with E-state index < -0.39 is 23.4 Å². The van der Waals surface area contributed by atoms with E-state index >= 15 is 0 Å². The van der Waals surface area contributed by atoms with Gasteiger partial charge in [0.1, 0.15) is 17.5 Å². The molecule has 1 amide bonds. The van der Waals surface area contributed by atoms with Crippen LogP contribution >= 0.6 is 11.6 Å². The van der Waals surface area contributed by atoms with Crippen LogP contribution in [0.1, 0.15) is 5.56 Å². The lowest BCUT2D eigenvalue weighted by Crippen LogP contribution is -2.09. The van der Waals surface area contributed by atoms with E-state index in [1.165, 1.54) is 18.2 Å². The highest BCUT2D eigenvalue weighted by atomic mass is 35.5. The maximum absolute atomic E-state index is 13.5. The largest absolute Gasteiger partial charge is 0.320 e. The maximum atomic E-state index is 13.5. The Morgan fingerprint density at radius 1 is 1.10 bits per heavy atom. The van der Waals surface area contributed by atoms with E-state index in [9.17, 15) is 18.0 Å². The van der Waals surface area contributed by atoms with Gasteiger partial charge in [0.2, 0.25) is 5.91 Å². The Kier molecular flexibility index (Phi) is 4.65. The molecule has 108 valence electrons. The molecule has 0 saturated heterocycles. The first-order valence-corrected chi connectivity index (χ1v) is 6.23. The molecule has 0 aliphatic heterocycles. The van der Waals surface area contributed by atoms with Crippen LogP contribution in [-0.2, 0) is 4.79 Å². The molecule has 0 saturated carbocycles. The molecule has 21 heavy (non-hydrogen) atoms. The number of amides is 1. The van der Waals surface area contributed by atoms with Crippen LogP contribution in [0, 0.1) is 17.5 Å². The predicted molar refractivity (Wildman–Crippen MR) is 75.4 cm³/mol. The zero-order valence-corrected chi connectivity index (χ0v) is 11.3. The smallest absolute Gasteiger partial charge is 0.248 e. The second-order valence-electron chi connectivity index (χ2n) is 4.08. The molecule has 0 atom stereocenters. The van der Waals surface area contributed by atoms with Crippen molar-refractivity contribution in [2.24, 2.45) is 0 Å². The van der Waals surface area contributed by atoms with Crippen LogP contribution in [0.25, 0.3) is 6.08 Å². The molecule has 6 heteroatoms. The molecule has 0 aromatic heterocycles. The Morgan fingerprint density at radius 2 is 1.86 bits per heavy atom. The van der Waals surface area contributed by atoms with Gasteiger partial charge < -0.3 is 5.32 Å². The minimum absolute atomic E-state index is 0.0361. The number of carbonyl (C=O) groups is 1. The van der Waals surface area contributed by atoms with Crippen molar-refractivity contribution in [3.05, 3.63) is 70.5 Å². The Morgan fingerprint density at radius 3 is 2.57 bits per heavy atom. The van der Waals surface area contributed by atoms with Crippen molar-refractivity contribution < 1.29 is 18.0 Å². The lowest BCUT2D eigenvalue weighted by atomic mass is 10.2. The van der Waals surface area contributed by atoms with E-state index in [1.54, 1.807) is 0 Å². The summed E-state index contributed by atoms with van der Waals surface area (Å²) in [5, 5.41) is 2.29. The Hall–Kier alpha value is -2.27. The first-order chi connectivity index (χ1) is 9.97. The third-order valence-electron chi connectivity index (χ3n) is 2.59. The fraction of sp³-hybridized carbons (Fsp3) is 0. The average Bonchev–Trinajstić information content (AvgIpc) is 2.42. The van der Waals surface area contributed by atoms with E-state index in [2.05, 4.69) is 5.32 Å². The van der Waals surface area contributed by atoms with Crippen molar-refractivity contribution >= 4 is 29.3 Å². The van der Waals surface area contributed by atoms with Gasteiger partial charge in [0, 0.05) is 17.7 Å². The monoisotopic (exact) mass is 311 g/mol. The van der Waals surface area contributed by atoms with Crippen LogP contribution in [0.3, 0.4) is 0 Å². The summed E-state index contributed by atoms with van der Waals surface area (Å²) in [6.07, 6.45) is 2.14. The number of benzene rings is 2. The molecule has 0 aliphatic carbocycles. The zero-order valence-electron chi connectivity index (χ0n) is 10.5. The normalized spacial score (nSPS) is 10.9. The van der Waals surface area contributed by atoms with Crippen molar-refractivity contribution in [3.63, 3.8) is 0 Å². The molecular weight excluding hydrogens is 303 g/mol. The molecule has 0 unspecified atom stereocenters. The van der Waals surface area contributed by atoms with Gasteiger partial charge in [0.15, 0.2) is 0 Å². The van der Waals surface area contributed by atoms with Gasteiger partial charge in [-0.05, 0) is 30.3 Å². The first kappa shape index (κ1) is 15.1. The summed E-state index contributed by atoms with van der Waals surface area (Å²) >= 11 is 5.79. The zero-order chi connectivity index (χ0) is 15.4. The van der Waals surface area contributed by atoms with Gasteiger partial charge in [0.25, 0.3) is 0 Å². The molecule has 2 aromatic rings. The molecule has 2 rings (SSSR count).